The van der Waals surface area contributed by atoms with Crippen molar-refractivity contribution in [3.63, 3.8) is 0 Å². The molecule has 0 atom stereocenters. The first-order chi connectivity index (χ1) is 8.51. The summed E-state index contributed by atoms with van der Waals surface area (Å²) >= 11 is 3.15. The van der Waals surface area contributed by atoms with Crippen LogP contribution < -0.4 is 5.32 Å². The molecule has 0 radical (unpaired) electrons. The van der Waals surface area contributed by atoms with Gasteiger partial charge in [0, 0.05) is 13.1 Å². The Hall–Kier alpha value is -1.01. The lowest BCUT2D eigenvalue weighted by Crippen LogP contribution is -2.63. The highest BCUT2D eigenvalue weighted by atomic mass is 32.2. The fourth-order valence-electron chi connectivity index (χ4n) is 1.89. The molecule has 1 aromatic heterocycles. The Morgan fingerprint density at radius 3 is 3.06 bits per heavy atom. The van der Waals surface area contributed by atoms with E-state index in [9.17, 15) is 9.59 Å². The first-order valence-electron chi connectivity index (χ1n) is 5.77. The second kappa shape index (κ2) is 5.32. The van der Waals surface area contributed by atoms with E-state index in [1.807, 2.05) is 17.5 Å². The van der Waals surface area contributed by atoms with Crippen LogP contribution in [0.4, 0.5) is 0 Å². The summed E-state index contributed by atoms with van der Waals surface area (Å²) < 4.78 is 1.13. The summed E-state index contributed by atoms with van der Waals surface area (Å²) in [6.07, 6.45) is 0. The van der Waals surface area contributed by atoms with E-state index >= 15 is 0 Å². The molecule has 0 unspecified atom stereocenters. The van der Waals surface area contributed by atoms with Gasteiger partial charge in [0.25, 0.3) is 0 Å². The molecule has 2 heterocycles. The molecule has 2 rings (SSSR count). The average Bonchev–Trinajstić information content (AvgIpc) is 2.82. The van der Waals surface area contributed by atoms with E-state index in [1.165, 1.54) is 11.8 Å². The zero-order chi connectivity index (χ0) is 13.2. The van der Waals surface area contributed by atoms with Crippen molar-refractivity contribution in [2.45, 2.75) is 23.6 Å². The SMILES string of the molecule is CC1(C)C(=O)NCCN1C(=O)CSc1cccs1. The van der Waals surface area contributed by atoms with Gasteiger partial charge in [-0.2, -0.15) is 0 Å². The van der Waals surface area contributed by atoms with Gasteiger partial charge in [0.1, 0.15) is 5.54 Å². The van der Waals surface area contributed by atoms with Crippen LogP contribution in [0.1, 0.15) is 13.8 Å². The summed E-state index contributed by atoms with van der Waals surface area (Å²) in [7, 11) is 0. The highest BCUT2D eigenvalue weighted by Gasteiger charge is 2.40. The molecule has 1 fully saturated rings. The Morgan fingerprint density at radius 1 is 1.61 bits per heavy atom. The number of nitrogens with zero attached hydrogens (tertiary/aromatic N) is 1. The van der Waals surface area contributed by atoms with Crippen LogP contribution in [0.25, 0.3) is 0 Å². The van der Waals surface area contributed by atoms with Crippen molar-refractivity contribution in [3.8, 4) is 0 Å². The lowest BCUT2D eigenvalue weighted by atomic mass is 9.99. The van der Waals surface area contributed by atoms with Crippen molar-refractivity contribution in [2.24, 2.45) is 0 Å². The monoisotopic (exact) mass is 284 g/mol. The van der Waals surface area contributed by atoms with Gasteiger partial charge < -0.3 is 10.2 Å². The van der Waals surface area contributed by atoms with Crippen molar-refractivity contribution < 1.29 is 9.59 Å². The van der Waals surface area contributed by atoms with E-state index in [0.29, 0.717) is 18.8 Å². The van der Waals surface area contributed by atoms with Gasteiger partial charge in [-0.15, -0.1) is 23.1 Å². The molecule has 18 heavy (non-hydrogen) atoms. The summed E-state index contributed by atoms with van der Waals surface area (Å²) in [5.74, 6) is 0.327. The highest BCUT2D eigenvalue weighted by Crippen LogP contribution is 2.25. The van der Waals surface area contributed by atoms with Crippen LogP contribution in [0.3, 0.4) is 0 Å². The first-order valence-corrected chi connectivity index (χ1v) is 7.63. The number of hydrogen-bond acceptors (Lipinski definition) is 4. The predicted molar refractivity (Wildman–Crippen MR) is 73.8 cm³/mol. The van der Waals surface area contributed by atoms with E-state index < -0.39 is 5.54 Å². The maximum Gasteiger partial charge on any atom is 0.245 e. The molecule has 0 saturated carbocycles. The van der Waals surface area contributed by atoms with Crippen LogP contribution in [0, 0.1) is 0 Å². The smallest absolute Gasteiger partial charge is 0.245 e. The first kappa shape index (κ1) is 13.4. The van der Waals surface area contributed by atoms with Gasteiger partial charge in [-0.1, -0.05) is 6.07 Å². The Bertz CT molecular complexity index is 443. The average molecular weight is 284 g/mol. The van der Waals surface area contributed by atoms with Gasteiger partial charge in [0.2, 0.25) is 11.8 Å². The summed E-state index contributed by atoms with van der Waals surface area (Å²) in [6, 6.07) is 3.96. The number of piperazine rings is 1. The quantitative estimate of drug-likeness (QED) is 0.857. The summed E-state index contributed by atoms with van der Waals surface area (Å²) in [5, 5.41) is 4.78. The van der Waals surface area contributed by atoms with E-state index in [-0.39, 0.29) is 11.8 Å². The van der Waals surface area contributed by atoms with Gasteiger partial charge in [-0.25, -0.2) is 0 Å². The molecule has 1 aliphatic rings. The van der Waals surface area contributed by atoms with Crippen molar-refractivity contribution in [2.75, 3.05) is 18.8 Å². The van der Waals surface area contributed by atoms with Gasteiger partial charge in [0.05, 0.1) is 9.96 Å². The Morgan fingerprint density at radius 2 is 2.39 bits per heavy atom. The molecule has 1 N–H and O–H groups in total. The minimum atomic E-state index is -0.745. The zero-order valence-corrected chi connectivity index (χ0v) is 12.1. The Kier molecular flexibility index (Phi) is 3.97. The molecule has 1 aliphatic heterocycles. The third kappa shape index (κ3) is 2.70. The number of thioether (sulfide) groups is 1. The largest absolute Gasteiger partial charge is 0.352 e. The van der Waals surface area contributed by atoms with Crippen molar-refractivity contribution >= 4 is 34.9 Å². The molecule has 0 bridgehead atoms. The third-order valence-electron chi connectivity index (χ3n) is 2.99. The maximum atomic E-state index is 12.2. The Labute approximate surface area is 115 Å². The van der Waals surface area contributed by atoms with E-state index in [0.717, 1.165) is 4.21 Å². The fourth-order valence-corrected chi connectivity index (χ4v) is 3.55. The molecule has 0 aromatic carbocycles. The minimum absolute atomic E-state index is 0.0215. The van der Waals surface area contributed by atoms with Crippen molar-refractivity contribution in [1.82, 2.24) is 10.2 Å². The van der Waals surface area contributed by atoms with Gasteiger partial charge in [0.15, 0.2) is 0 Å². The number of carbonyl (C=O) groups is 2. The second-order valence-electron chi connectivity index (χ2n) is 4.58. The third-order valence-corrected chi connectivity index (χ3v) is 5.10. The van der Waals surface area contributed by atoms with Crippen LogP contribution in [0.5, 0.6) is 0 Å². The predicted octanol–water partition coefficient (Wildman–Crippen LogP) is 1.58. The van der Waals surface area contributed by atoms with Crippen LogP contribution in [0.2, 0.25) is 0 Å². The van der Waals surface area contributed by atoms with E-state index in [4.69, 9.17) is 0 Å². The molecule has 6 heteroatoms. The normalized spacial score (nSPS) is 18.6. The molecule has 0 aliphatic carbocycles. The van der Waals surface area contributed by atoms with E-state index in [2.05, 4.69) is 5.32 Å². The van der Waals surface area contributed by atoms with Crippen molar-refractivity contribution in [1.29, 1.82) is 0 Å². The number of rotatable bonds is 3. The van der Waals surface area contributed by atoms with Gasteiger partial charge >= 0.3 is 0 Å². The van der Waals surface area contributed by atoms with Crippen LogP contribution in [0.15, 0.2) is 21.7 Å². The molecule has 0 spiro atoms. The van der Waals surface area contributed by atoms with Crippen molar-refractivity contribution in [3.05, 3.63) is 17.5 Å². The van der Waals surface area contributed by atoms with E-state index in [1.54, 1.807) is 30.1 Å². The summed E-state index contributed by atoms with van der Waals surface area (Å²) in [6.45, 7) is 4.70. The number of hydrogen-bond donors (Lipinski definition) is 1. The highest BCUT2D eigenvalue weighted by molar-refractivity contribution is 8.01. The molecule has 4 nitrogen and oxygen atoms in total. The van der Waals surface area contributed by atoms with Crippen LogP contribution in [-0.2, 0) is 9.59 Å². The minimum Gasteiger partial charge on any atom is -0.352 e. The molecule has 98 valence electrons. The fraction of sp³-hybridized carbons (Fsp3) is 0.500. The topological polar surface area (TPSA) is 49.4 Å². The lowest BCUT2D eigenvalue weighted by Gasteiger charge is -2.41. The number of amides is 2. The number of nitrogens with one attached hydrogen (secondary N) is 1. The molecular formula is C12H16N2O2S2. The Balaban J connectivity index is 1.97. The van der Waals surface area contributed by atoms with Crippen LogP contribution in [-0.4, -0.2) is 41.1 Å². The molecule has 1 saturated heterocycles. The second-order valence-corrected chi connectivity index (χ2v) is 6.80. The number of carbonyl (C=O) groups excluding carboxylic acids is 2. The van der Waals surface area contributed by atoms with Gasteiger partial charge in [-0.3, -0.25) is 9.59 Å². The molecule has 2 amide bonds. The number of thiophene rings is 1. The maximum absolute atomic E-state index is 12.2. The summed E-state index contributed by atoms with van der Waals surface area (Å²) in [4.78, 5) is 25.6. The molecule has 1 aromatic rings. The van der Waals surface area contributed by atoms with Crippen LogP contribution >= 0.6 is 23.1 Å². The zero-order valence-electron chi connectivity index (χ0n) is 10.4. The lowest BCUT2D eigenvalue weighted by molar-refractivity contribution is -0.147. The molecular weight excluding hydrogens is 268 g/mol. The summed E-state index contributed by atoms with van der Waals surface area (Å²) in [5.41, 5.74) is -0.745. The van der Waals surface area contributed by atoms with Gasteiger partial charge in [-0.05, 0) is 25.3 Å². The standard InChI is InChI=1S/C12H16N2O2S2/c1-12(2)11(16)13-5-6-14(12)9(15)8-18-10-4-3-7-17-10/h3-4,7H,5-6,8H2,1-2H3,(H,13,16).